The van der Waals surface area contributed by atoms with Gasteiger partial charge in [-0.1, -0.05) is 19.4 Å². The van der Waals surface area contributed by atoms with E-state index in [0.29, 0.717) is 30.6 Å². The first-order valence-electron chi connectivity index (χ1n) is 9.94. The number of amides is 1. The zero-order valence-corrected chi connectivity index (χ0v) is 16.0. The molecule has 0 saturated heterocycles. The Bertz CT molecular complexity index is 698. The summed E-state index contributed by atoms with van der Waals surface area (Å²) in [6, 6.07) is 0. The molecular weight excluding hydrogens is 330 g/mol. The molecular formula is C21H29NO4. The lowest BCUT2D eigenvalue weighted by molar-refractivity contribution is -0.163. The van der Waals surface area contributed by atoms with Gasteiger partial charge < -0.3 is 10.1 Å². The Morgan fingerprint density at radius 2 is 2.00 bits per heavy atom. The normalized spacial score (nSPS) is 44.8. The summed E-state index contributed by atoms with van der Waals surface area (Å²) in [6.45, 7) is 6.43. The average Bonchev–Trinajstić information content (AvgIpc) is 2.76. The highest BCUT2D eigenvalue weighted by Crippen LogP contribution is 2.63. The van der Waals surface area contributed by atoms with Gasteiger partial charge in [0.25, 0.3) is 0 Å². The van der Waals surface area contributed by atoms with Crippen molar-refractivity contribution in [2.24, 2.45) is 28.6 Å². The fourth-order valence-corrected chi connectivity index (χ4v) is 6.74. The number of carbonyl (C=O) groups is 3. The number of fused-ring (bicyclic) bond motifs is 5. The summed E-state index contributed by atoms with van der Waals surface area (Å²) in [5, 5.41) is 2.93. The highest BCUT2D eigenvalue weighted by Gasteiger charge is 2.62. The number of Topliss-reactive ketones (excluding diaryl/α,β-unsaturated/α-hetero) is 1. The van der Waals surface area contributed by atoms with Gasteiger partial charge in [-0.05, 0) is 43.9 Å². The number of nitrogens with one attached hydrogen (secondary N) is 1. The third-order valence-corrected chi connectivity index (χ3v) is 7.89. The number of hydrogen-bond donors (Lipinski definition) is 1. The topological polar surface area (TPSA) is 72.5 Å². The smallest absolute Gasteiger partial charge is 0.302 e. The van der Waals surface area contributed by atoms with Gasteiger partial charge in [0, 0.05) is 42.7 Å². The quantitative estimate of drug-likeness (QED) is 0.731. The average molecular weight is 359 g/mol. The van der Waals surface area contributed by atoms with Crippen molar-refractivity contribution in [1.29, 1.82) is 0 Å². The molecule has 0 aromatic rings. The first kappa shape index (κ1) is 17.7. The van der Waals surface area contributed by atoms with Crippen LogP contribution >= 0.6 is 0 Å². The molecule has 1 heterocycles. The number of ketones is 1. The molecule has 5 heteroatoms. The zero-order valence-electron chi connectivity index (χ0n) is 16.0. The van der Waals surface area contributed by atoms with E-state index in [1.165, 1.54) is 6.92 Å². The van der Waals surface area contributed by atoms with E-state index in [0.717, 1.165) is 37.7 Å². The van der Waals surface area contributed by atoms with Crippen LogP contribution in [0.15, 0.2) is 11.6 Å². The molecule has 1 aliphatic heterocycles. The SMILES string of the molecule is CC(=O)O[C@H]1CC[C@H]2[C@@H]3CCC4=CC(=O)NCC[C@]4(C)[C@H]3C(=O)C[C@]12C. The van der Waals surface area contributed by atoms with E-state index in [1.54, 1.807) is 6.08 Å². The zero-order chi connectivity index (χ0) is 18.7. The second-order valence-electron chi connectivity index (χ2n) is 9.24. The van der Waals surface area contributed by atoms with Gasteiger partial charge in [-0.25, -0.2) is 0 Å². The molecule has 0 radical (unpaired) electrons. The summed E-state index contributed by atoms with van der Waals surface area (Å²) >= 11 is 0. The Morgan fingerprint density at radius 1 is 1.23 bits per heavy atom. The van der Waals surface area contributed by atoms with Crippen molar-refractivity contribution >= 4 is 17.7 Å². The van der Waals surface area contributed by atoms with Gasteiger partial charge in [0.1, 0.15) is 11.9 Å². The third-order valence-electron chi connectivity index (χ3n) is 7.89. The Kier molecular flexibility index (Phi) is 4.05. The highest BCUT2D eigenvalue weighted by molar-refractivity contribution is 5.90. The Balaban J connectivity index is 1.69. The lowest BCUT2D eigenvalue weighted by Crippen LogP contribution is -2.55. The monoisotopic (exact) mass is 359 g/mol. The Labute approximate surface area is 154 Å². The molecule has 3 aliphatic carbocycles. The van der Waals surface area contributed by atoms with Crippen LogP contribution in [0.2, 0.25) is 0 Å². The summed E-state index contributed by atoms with van der Waals surface area (Å²) in [6.07, 6.45) is 6.65. The molecule has 4 rings (SSSR count). The van der Waals surface area contributed by atoms with Crippen LogP contribution in [0, 0.1) is 28.6 Å². The lowest BCUT2D eigenvalue weighted by atomic mass is 9.48. The molecule has 3 fully saturated rings. The van der Waals surface area contributed by atoms with Crippen molar-refractivity contribution in [3.8, 4) is 0 Å². The molecule has 1 N–H and O–H groups in total. The van der Waals surface area contributed by atoms with Crippen molar-refractivity contribution in [2.75, 3.05) is 6.54 Å². The number of esters is 1. The van der Waals surface area contributed by atoms with Gasteiger partial charge in [0.2, 0.25) is 5.91 Å². The van der Waals surface area contributed by atoms with Gasteiger partial charge in [-0.15, -0.1) is 0 Å². The molecule has 3 saturated carbocycles. The molecule has 4 aliphatic rings. The minimum atomic E-state index is -0.249. The minimum Gasteiger partial charge on any atom is -0.462 e. The first-order valence-corrected chi connectivity index (χ1v) is 9.94. The predicted octanol–water partition coefficient (Wildman–Crippen LogP) is 2.79. The molecule has 5 nitrogen and oxygen atoms in total. The Morgan fingerprint density at radius 3 is 2.73 bits per heavy atom. The van der Waals surface area contributed by atoms with Gasteiger partial charge in [0.05, 0.1) is 0 Å². The summed E-state index contributed by atoms with van der Waals surface area (Å²) < 4.78 is 5.62. The number of ether oxygens (including phenoxy) is 1. The number of carbonyl (C=O) groups excluding carboxylic acids is 3. The number of rotatable bonds is 1. The van der Waals surface area contributed by atoms with Crippen molar-refractivity contribution in [2.45, 2.75) is 65.4 Å². The number of allylic oxidation sites excluding steroid dienone is 1. The lowest BCUT2D eigenvalue weighted by Gasteiger charge is -2.55. The largest absolute Gasteiger partial charge is 0.462 e. The molecule has 0 aromatic carbocycles. The molecule has 6 atom stereocenters. The fraction of sp³-hybridized carbons (Fsp3) is 0.762. The van der Waals surface area contributed by atoms with E-state index in [-0.39, 0.29) is 34.7 Å². The molecule has 1 amide bonds. The maximum absolute atomic E-state index is 13.4. The van der Waals surface area contributed by atoms with E-state index in [9.17, 15) is 14.4 Å². The van der Waals surface area contributed by atoms with E-state index >= 15 is 0 Å². The van der Waals surface area contributed by atoms with Crippen LogP contribution in [0.5, 0.6) is 0 Å². The van der Waals surface area contributed by atoms with Gasteiger partial charge in [-0.2, -0.15) is 0 Å². The Hall–Kier alpha value is -1.65. The summed E-state index contributed by atoms with van der Waals surface area (Å²) in [7, 11) is 0. The van der Waals surface area contributed by atoms with Crippen LogP contribution in [-0.4, -0.2) is 30.3 Å². The standard InChI is InChI=1S/C21H29NO4/c1-12(23)26-17-7-6-15-14-5-4-13-10-18(25)22-9-8-20(13,2)19(14)16(24)11-21(15,17)3/h10,14-15,17,19H,4-9,11H2,1-3H3,(H,22,25)/t14-,15-,17-,19+,20-,21-/m0/s1. The second-order valence-corrected chi connectivity index (χ2v) is 9.24. The first-order chi connectivity index (χ1) is 12.3. The number of hydrogen-bond acceptors (Lipinski definition) is 4. The van der Waals surface area contributed by atoms with Crippen molar-refractivity contribution in [3.05, 3.63) is 11.6 Å². The molecule has 0 spiro atoms. The third kappa shape index (κ3) is 2.46. The maximum Gasteiger partial charge on any atom is 0.302 e. The fourth-order valence-electron chi connectivity index (χ4n) is 6.74. The van der Waals surface area contributed by atoms with Crippen LogP contribution in [0.1, 0.15) is 59.3 Å². The van der Waals surface area contributed by atoms with E-state index in [1.807, 2.05) is 0 Å². The van der Waals surface area contributed by atoms with Gasteiger partial charge >= 0.3 is 5.97 Å². The van der Waals surface area contributed by atoms with E-state index in [2.05, 4.69) is 19.2 Å². The van der Waals surface area contributed by atoms with Gasteiger partial charge in [-0.3, -0.25) is 14.4 Å². The molecule has 0 unspecified atom stereocenters. The maximum atomic E-state index is 13.4. The van der Waals surface area contributed by atoms with Crippen molar-refractivity contribution < 1.29 is 19.1 Å². The molecule has 0 aromatic heterocycles. The molecule has 142 valence electrons. The van der Waals surface area contributed by atoms with E-state index < -0.39 is 0 Å². The van der Waals surface area contributed by atoms with Crippen LogP contribution in [-0.2, 0) is 19.1 Å². The minimum absolute atomic E-state index is 0.00986. The predicted molar refractivity (Wildman–Crippen MR) is 96.0 cm³/mol. The van der Waals surface area contributed by atoms with Crippen LogP contribution in [0.4, 0.5) is 0 Å². The summed E-state index contributed by atoms with van der Waals surface area (Å²) in [5.41, 5.74) is 0.695. The molecule has 0 bridgehead atoms. The second kappa shape index (κ2) is 5.93. The van der Waals surface area contributed by atoms with Crippen molar-refractivity contribution in [3.63, 3.8) is 0 Å². The summed E-state index contributed by atoms with van der Waals surface area (Å²) in [4.78, 5) is 36.9. The van der Waals surface area contributed by atoms with Crippen LogP contribution < -0.4 is 5.32 Å². The highest BCUT2D eigenvalue weighted by atomic mass is 16.5. The summed E-state index contributed by atoms with van der Waals surface area (Å²) in [5.74, 6) is 0.767. The molecule has 26 heavy (non-hydrogen) atoms. The van der Waals surface area contributed by atoms with E-state index in [4.69, 9.17) is 4.74 Å². The van der Waals surface area contributed by atoms with Gasteiger partial charge in [0.15, 0.2) is 0 Å². The van der Waals surface area contributed by atoms with Crippen LogP contribution in [0.3, 0.4) is 0 Å². The van der Waals surface area contributed by atoms with Crippen LogP contribution in [0.25, 0.3) is 0 Å². The van der Waals surface area contributed by atoms with Crippen molar-refractivity contribution in [1.82, 2.24) is 5.32 Å².